The summed E-state index contributed by atoms with van der Waals surface area (Å²) in [7, 11) is 2.09. The molecular formula is C24H29N3O. The zero-order chi connectivity index (χ0) is 19.7. The highest BCUT2D eigenvalue weighted by Gasteiger charge is 2.30. The van der Waals surface area contributed by atoms with Gasteiger partial charge in [-0.2, -0.15) is 0 Å². The predicted molar refractivity (Wildman–Crippen MR) is 114 cm³/mol. The summed E-state index contributed by atoms with van der Waals surface area (Å²) < 4.78 is 2.19. The van der Waals surface area contributed by atoms with Crippen LogP contribution in [0, 0.1) is 5.92 Å². The van der Waals surface area contributed by atoms with E-state index >= 15 is 0 Å². The maximum atomic E-state index is 13.1. The number of nitrogens with zero attached hydrogens (tertiary/aromatic N) is 1. The number of carbonyl (C=O) groups is 1. The lowest BCUT2D eigenvalue weighted by atomic mass is 9.94. The van der Waals surface area contributed by atoms with Crippen molar-refractivity contribution >= 4 is 16.8 Å². The van der Waals surface area contributed by atoms with Gasteiger partial charge in [0.15, 0.2) is 0 Å². The second kappa shape index (κ2) is 7.80. The van der Waals surface area contributed by atoms with Gasteiger partial charge in [0.1, 0.15) is 0 Å². The Hall–Kier alpha value is -2.59. The Balaban J connectivity index is 1.62. The van der Waals surface area contributed by atoms with E-state index in [1.807, 2.05) is 30.3 Å². The molecule has 1 aliphatic rings. The molecule has 3 aromatic rings. The molecule has 0 saturated heterocycles. The molecule has 0 aliphatic carbocycles. The van der Waals surface area contributed by atoms with E-state index in [9.17, 15) is 4.79 Å². The van der Waals surface area contributed by atoms with E-state index in [4.69, 9.17) is 0 Å². The largest absolute Gasteiger partial charge is 0.351 e. The Labute approximate surface area is 166 Å². The molecule has 1 aromatic heterocycles. The molecule has 0 radical (unpaired) electrons. The van der Waals surface area contributed by atoms with Crippen LogP contribution in [-0.4, -0.2) is 16.5 Å². The molecule has 0 saturated carbocycles. The summed E-state index contributed by atoms with van der Waals surface area (Å²) in [6.45, 7) is 5.04. The Morgan fingerprint density at radius 3 is 2.71 bits per heavy atom. The first-order valence-electron chi connectivity index (χ1n) is 10.2. The summed E-state index contributed by atoms with van der Waals surface area (Å²) in [4.78, 5) is 13.1. The smallest absolute Gasteiger partial charge is 0.237 e. The van der Waals surface area contributed by atoms with Crippen LogP contribution < -0.4 is 10.6 Å². The van der Waals surface area contributed by atoms with E-state index in [2.05, 4.69) is 60.5 Å². The first kappa shape index (κ1) is 18.8. The van der Waals surface area contributed by atoms with E-state index in [1.165, 1.54) is 22.0 Å². The number of rotatable bonds is 5. The first-order valence-corrected chi connectivity index (χ1v) is 10.2. The Morgan fingerprint density at radius 1 is 1.18 bits per heavy atom. The molecule has 4 nitrogen and oxygen atoms in total. The molecule has 4 heteroatoms. The minimum absolute atomic E-state index is 0.0717. The zero-order valence-corrected chi connectivity index (χ0v) is 16.9. The van der Waals surface area contributed by atoms with Crippen LogP contribution in [0.4, 0.5) is 0 Å². The van der Waals surface area contributed by atoms with Gasteiger partial charge < -0.3 is 9.88 Å². The highest BCUT2D eigenvalue weighted by Crippen LogP contribution is 2.35. The van der Waals surface area contributed by atoms with Gasteiger partial charge in [0.25, 0.3) is 0 Å². The van der Waals surface area contributed by atoms with Gasteiger partial charge in [-0.3, -0.25) is 10.1 Å². The van der Waals surface area contributed by atoms with Gasteiger partial charge in [-0.1, -0.05) is 56.3 Å². The van der Waals surface area contributed by atoms with E-state index in [0.29, 0.717) is 18.9 Å². The van der Waals surface area contributed by atoms with Crippen LogP contribution in [0.5, 0.6) is 0 Å². The third-order valence-electron chi connectivity index (χ3n) is 5.66. The molecule has 2 heterocycles. The third kappa shape index (κ3) is 3.69. The van der Waals surface area contributed by atoms with Crippen molar-refractivity contribution in [2.75, 3.05) is 0 Å². The van der Waals surface area contributed by atoms with Gasteiger partial charge in [-0.25, -0.2) is 0 Å². The van der Waals surface area contributed by atoms with Crippen LogP contribution in [0.15, 0.2) is 54.7 Å². The van der Waals surface area contributed by atoms with Gasteiger partial charge in [0.2, 0.25) is 5.91 Å². The van der Waals surface area contributed by atoms with Crippen molar-refractivity contribution in [2.24, 2.45) is 13.0 Å². The minimum Gasteiger partial charge on any atom is -0.351 e. The molecule has 0 spiro atoms. The molecule has 4 rings (SSSR count). The third-order valence-corrected chi connectivity index (χ3v) is 5.66. The Kier molecular flexibility index (Phi) is 5.23. The fourth-order valence-corrected chi connectivity index (χ4v) is 4.37. The van der Waals surface area contributed by atoms with Gasteiger partial charge >= 0.3 is 0 Å². The maximum absolute atomic E-state index is 13.1. The highest BCUT2D eigenvalue weighted by atomic mass is 16.2. The van der Waals surface area contributed by atoms with Crippen LogP contribution in [0.25, 0.3) is 10.9 Å². The van der Waals surface area contributed by atoms with Crippen LogP contribution >= 0.6 is 0 Å². The molecule has 0 bridgehead atoms. The van der Waals surface area contributed by atoms with Crippen molar-refractivity contribution in [3.05, 3.63) is 71.4 Å². The minimum atomic E-state index is -0.231. The number of aryl methyl sites for hydroxylation is 1. The van der Waals surface area contributed by atoms with Crippen molar-refractivity contribution in [3.8, 4) is 0 Å². The molecule has 2 atom stereocenters. The SMILES string of the molecule is CC(C)CC1NC(C(=O)NCc2ccccc2)Cc2cn(C)c3cccc1c23. The van der Waals surface area contributed by atoms with E-state index in [0.717, 1.165) is 12.0 Å². The number of aromatic nitrogens is 1. The monoisotopic (exact) mass is 375 g/mol. The quantitative estimate of drug-likeness (QED) is 0.705. The average molecular weight is 376 g/mol. The van der Waals surface area contributed by atoms with Crippen LogP contribution in [0.3, 0.4) is 0 Å². The lowest BCUT2D eigenvalue weighted by molar-refractivity contribution is -0.123. The number of nitrogens with one attached hydrogen (secondary N) is 2. The summed E-state index contributed by atoms with van der Waals surface area (Å²) in [5.41, 5.74) is 4.94. The summed E-state index contributed by atoms with van der Waals surface area (Å²) in [5, 5.41) is 8.12. The van der Waals surface area contributed by atoms with Crippen LogP contribution in [-0.2, 0) is 24.8 Å². The zero-order valence-electron chi connectivity index (χ0n) is 16.9. The molecule has 2 N–H and O–H groups in total. The fourth-order valence-electron chi connectivity index (χ4n) is 4.37. The molecule has 146 valence electrons. The molecular weight excluding hydrogens is 346 g/mol. The Bertz CT molecular complexity index is 974. The summed E-state index contributed by atoms with van der Waals surface area (Å²) in [6.07, 6.45) is 3.91. The molecule has 1 aliphatic heterocycles. The summed E-state index contributed by atoms with van der Waals surface area (Å²) in [6, 6.07) is 16.5. The standard InChI is InChI=1S/C24H29N3O/c1-16(2)12-20-19-10-7-11-22-23(19)18(15-27(22)3)13-21(26-20)24(28)25-14-17-8-5-4-6-9-17/h4-11,15-16,20-21,26H,12-14H2,1-3H3,(H,25,28). The molecule has 2 aromatic carbocycles. The van der Waals surface area contributed by atoms with Crippen molar-refractivity contribution in [1.29, 1.82) is 0 Å². The van der Waals surface area contributed by atoms with Crippen molar-refractivity contribution in [1.82, 2.24) is 15.2 Å². The molecule has 1 amide bonds. The van der Waals surface area contributed by atoms with Crippen molar-refractivity contribution in [2.45, 2.75) is 45.3 Å². The number of hydrogen-bond donors (Lipinski definition) is 2. The van der Waals surface area contributed by atoms with Gasteiger partial charge in [-0.15, -0.1) is 0 Å². The predicted octanol–water partition coefficient (Wildman–Crippen LogP) is 4.10. The fraction of sp³-hybridized carbons (Fsp3) is 0.375. The Morgan fingerprint density at radius 2 is 1.96 bits per heavy atom. The summed E-state index contributed by atoms with van der Waals surface area (Å²) >= 11 is 0. The highest BCUT2D eigenvalue weighted by molar-refractivity contribution is 5.90. The maximum Gasteiger partial charge on any atom is 0.237 e. The molecule has 0 fully saturated rings. The number of amides is 1. The lowest BCUT2D eigenvalue weighted by Crippen LogP contribution is -2.46. The lowest BCUT2D eigenvalue weighted by Gasteiger charge is -2.25. The van der Waals surface area contributed by atoms with Gasteiger partial charge in [0.05, 0.1) is 6.04 Å². The van der Waals surface area contributed by atoms with E-state index < -0.39 is 0 Å². The molecule has 28 heavy (non-hydrogen) atoms. The van der Waals surface area contributed by atoms with Gasteiger partial charge in [0, 0.05) is 36.7 Å². The summed E-state index contributed by atoms with van der Waals surface area (Å²) in [5.74, 6) is 0.619. The second-order valence-electron chi connectivity index (χ2n) is 8.32. The topological polar surface area (TPSA) is 46.1 Å². The van der Waals surface area contributed by atoms with E-state index in [1.54, 1.807) is 0 Å². The number of benzene rings is 2. The van der Waals surface area contributed by atoms with Crippen LogP contribution in [0.1, 0.15) is 43.0 Å². The normalized spacial score (nSPS) is 19.0. The number of hydrogen-bond acceptors (Lipinski definition) is 2. The average Bonchev–Trinajstić information content (AvgIpc) is 2.92. The van der Waals surface area contributed by atoms with E-state index in [-0.39, 0.29) is 18.0 Å². The van der Waals surface area contributed by atoms with Crippen molar-refractivity contribution in [3.63, 3.8) is 0 Å². The van der Waals surface area contributed by atoms with Crippen LogP contribution in [0.2, 0.25) is 0 Å². The number of carbonyl (C=O) groups excluding carboxylic acids is 1. The molecule has 2 unspecified atom stereocenters. The second-order valence-corrected chi connectivity index (χ2v) is 8.32. The van der Waals surface area contributed by atoms with Crippen molar-refractivity contribution < 1.29 is 4.79 Å². The first-order chi connectivity index (χ1) is 13.5. The van der Waals surface area contributed by atoms with Gasteiger partial charge in [-0.05, 0) is 41.5 Å².